The lowest BCUT2D eigenvalue weighted by atomic mass is 10.1. The van der Waals surface area contributed by atoms with Gasteiger partial charge in [0.15, 0.2) is 0 Å². The maximum absolute atomic E-state index is 9.25. The second-order valence-corrected chi connectivity index (χ2v) is 5.57. The summed E-state index contributed by atoms with van der Waals surface area (Å²) in [5.41, 5.74) is 2.29. The third-order valence-corrected chi connectivity index (χ3v) is 3.72. The summed E-state index contributed by atoms with van der Waals surface area (Å²) >= 11 is 6.13. The molecular weight excluding hydrogens is 276 g/mol. The van der Waals surface area contributed by atoms with Crippen LogP contribution in [0.3, 0.4) is 0 Å². The van der Waals surface area contributed by atoms with Gasteiger partial charge in [0, 0.05) is 43.5 Å². The van der Waals surface area contributed by atoms with E-state index in [-0.39, 0.29) is 6.61 Å². The van der Waals surface area contributed by atoms with Gasteiger partial charge in [-0.25, -0.2) is 0 Å². The third-order valence-electron chi connectivity index (χ3n) is 3.48. The molecule has 4 nitrogen and oxygen atoms in total. The fourth-order valence-corrected chi connectivity index (χ4v) is 2.36. The van der Waals surface area contributed by atoms with Crippen molar-refractivity contribution >= 4 is 17.3 Å². The Labute approximate surface area is 125 Å². The van der Waals surface area contributed by atoms with Crippen LogP contribution in [0.25, 0.3) is 0 Å². The number of aliphatic hydroxyl groups is 1. The van der Waals surface area contributed by atoms with Crippen LogP contribution in [0.15, 0.2) is 18.2 Å². The lowest BCUT2D eigenvalue weighted by molar-refractivity contribution is 0.203. The van der Waals surface area contributed by atoms with Gasteiger partial charge in [-0.3, -0.25) is 0 Å². The van der Waals surface area contributed by atoms with Crippen LogP contribution in [-0.2, 0) is 11.3 Å². The van der Waals surface area contributed by atoms with E-state index < -0.39 is 0 Å². The molecule has 0 bridgehead atoms. The predicted octanol–water partition coefficient (Wildman–Crippen LogP) is 2.04. The summed E-state index contributed by atoms with van der Waals surface area (Å²) in [6.07, 6.45) is 2.54. The number of benzene rings is 1. The van der Waals surface area contributed by atoms with Crippen LogP contribution >= 0.6 is 11.6 Å². The fourth-order valence-electron chi connectivity index (χ4n) is 2.20. The van der Waals surface area contributed by atoms with Crippen molar-refractivity contribution in [1.82, 2.24) is 5.32 Å². The minimum Gasteiger partial charge on any atom is -0.395 e. The molecule has 1 aliphatic rings. The zero-order valence-corrected chi connectivity index (χ0v) is 12.7. The van der Waals surface area contributed by atoms with Crippen LogP contribution in [-0.4, -0.2) is 44.6 Å². The molecule has 1 aromatic carbocycles. The van der Waals surface area contributed by atoms with Gasteiger partial charge in [0.1, 0.15) is 0 Å². The van der Waals surface area contributed by atoms with Gasteiger partial charge in [-0.15, -0.1) is 0 Å². The molecule has 0 aliphatic heterocycles. The minimum atomic E-state index is 0.117. The summed E-state index contributed by atoms with van der Waals surface area (Å²) in [7, 11) is 1.69. The second kappa shape index (κ2) is 7.84. The lowest BCUT2D eigenvalue weighted by Gasteiger charge is -2.26. The molecule has 1 saturated carbocycles. The number of hydrogen-bond acceptors (Lipinski definition) is 4. The van der Waals surface area contributed by atoms with Gasteiger partial charge in [-0.2, -0.15) is 0 Å². The third kappa shape index (κ3) is 4.63. The van der Waals surface area contributed by atoms with Crippen molar-refractivity contribution in [2.45, 2.75) is 25.4 Å². The van der Waals surface area contributed by atoms with Crippen LogP contribution in [0.2, 0.25) is 5.02 Å². The van der Waals surface area contributed by atoms with E-state index in [2.05, 4.69) is 16.3 Å². The molecule has 0 atom stereocenters. The highest BCUT2D eigenvalue weighted by Gasteiger charge is 2.21. The number of aliphatic hydroxyl groups excluding tert-OH is 1. The monoisotopic (exact) mass is 298 g/mol. The highest BCUT2D eigenvalue weighted by molar-refractivity contribution is 6.30. The summed E-state index contributed by atoms with van der Waals surface area (Å²) in [6.45, 7) is 2.91. The molecule has 2 rings (SSSR count). The molecule has 2 N–H and O–H groups in total. The predicted molar refractivity (Wildman–Crippen MR) is 82.5 cm³/mol. The molecule has 0 unspecified atom stereocenters. The first-order chi connectivity index (χ1) is 9.74. The molecule has 1 aromatic rings. The Kier molecular flexibility index (Phi) is 6.10. The Balaban J connectivity index is 2.12. The Morgan fingerprint density at radius 1 is 1.40 bits per heavy atom. The molecule has 0 heterocycles. The van der Waals surface area contributed by atoms with E-state index in [1.807, 2.05) is 12.1 Å². The van der Waals surface area contributed by atoms with Crippen molar-refractivity contribution in [2.75, 3.05) is 38.3 Å². The number of ether oxygens (including phenoxy) is 1. The van der Waals surface area contributed by atoms with Crippen LogP contribution < -0.4 is 10.2 Å². The van der Waals surface area contributed by atoms with Gasteiger partial charge in [-0.1, -0.05) is 17.7 Å². The molecule has 1 aliphatic carbocycles. The Morgan fingerprint density at radius 2 is 2.20 bits per heavy atom. The normalized spacial score (nSPS) is 14.6. The van der Waals surface area contributed by atoms with Crippen LogP contribution in [0.4, 0.5) is 5.69 Å². The summed E-state index contributed by atoms with van der Waals surface area (Å²) in [5, 5.41) is 13.5. The first-order valence-electron chi connectivity index (χ1n) is 7.11. The number of nitrogens with zero attached hydrogens (tertiary/aromatic N) is 1. The van der Waals surface area contributed by atoms with Gasteiger partial charge in [0.05, 0.1) is 13.2 Å². The van der Waals surface area contributed by atoms with Crippen molar-refractivity contribution in [3.63, 3.8) is 0 Å². The number of rotatable bonds is 9. The number of halogens is 1. The lowest BCUT2D eigenvalue weighted by Crippen LogP contribution is -2.31. The molecular formula is C15H23ClN2O2. The summed E-state index contributed by atoms with van der Waals surface area (Å²) in [4.78, 5) is 2.12. The van der Waals surface area contributed by atoms with E-state index in [9.17, 15) is 5.11 Å². The van der Waals surface area contributed by atoms with E-state index in [1.165, 1.54) is 18.4 Å². The van der Waals surface area contributed by atoms with Gasteiger partial charge in [0.25, 0.3) is 0 Å². The van der Waals surface area contributed by atoms with Crippen LogP contribution in [0, 0.1) is 0 Å². The standard InChI is InChI=1S/C15H23ClN2O2/c1-20-9-7-18(6-8-19)15-10-13(16)3-2-12(15)11-17-14-4-5-14/h2-3,10,14,17,19H,4-9,11H2,1H3. The van der Waals surface area contributed by atoms with Crippen molar-refractivity contribution in [1.29, 1.82) is 0 Å². The Morgan fingerprint density at radius 3 is 2.85 bits per heavy atom. The van der Waals surface area contributed by atoms with Crippen molar-refractivity contribution in [3.8, 4) is 0 Å². The van der Waals surface area contributed by atoms with Crippen molar-refractivity contribution in [3.05, 3.63) is 28.8 Å². The quantitative estimate of drug-likeness (QED) is 0.732. The maximum Gasteiger partial charge on any atom is 0.0637 e. The largest absolute Gasteiger partial charge is 0.395 e. The number of hydrogen-bond donors (Lipinski definition) is 2. The SMILES string of the molecule is COCCN(CCO)c1cc(Cl)ccc1CNC1CC1. The average molecular weight is 299 g/mol. The smallest absolute Gasteiger partial charge is 0.0637 e. The van der Waals surface area contributed by atoms with Gasteiger partial charge >= 0.3 is 0 Å². The molecule has 0 spiro atoms. The van der Waals surface area contributed by atoms with Crippen LogP contribution in [0.1, 0.15) is 18.4 Å². The summed E-state index contributed by atoms with van der Waals surface area (Å²) in [5.74, 6) is 0. The zero-order chi connectivity index (χ0) is 14.4. The first-order valence-corrected chi connectivity index (χ1v) is 7.49. The van der Waals surface area contributed by atoms with Crippen LogP contribution in [0.5, 0.6) is 0 Å². The van der Waals surface area contributed by atoms with Gasteiger partial charge in [0.2, 0.25) is 0 Å². The second-order valence-electron chi connectivity index (χ2n) is 5.13. The van der Waals surface area contributed by atoms with Crippen molar-refractivity contribution in [2.24, 2.45) is 0 Å². The zero-order valence-electron chi connectivity index (χ0n) is 11.9. The molecule has 0 radical (unpaired) electrons. The minimum absolute atomic E-state index is 0.117. The fraction of sp³-hybridized carbons (Fsp3) is 0.600. The van der Waals surface area contributed by atoms with Gasteiger partial charge in [-0.05, 0) is 30.5 Å². The van der Waals surface area contributed by atoms with E-state index in [0.717, 1.165) is 23.8 Å². The topological polar surface area (TPSA) is 44.7 Å². The summed E-state index contributed by atoms with van der Waals surface area (Å²) < 4.78 is 5.15. The highest BCUT2D eigenvalue weighted by atomic mass is 35.5. The molecule has 112 valence electrons. The average Bonchev–Trinajstić information content (AvgIpc) is 3.26. The number of methoxy groups -OCH3 is 1. The molecule has 0 amide bonds. The highest BCUT2D eigenvalue weighted by Crippen LogP contribution is 2.26. The number of nitrogens with one attached hydrogen (secondary N) is 1. The molecule has 0 aromatic heterocycles. The molecule has 20 heavy (non-hydrogen) atoms. The molecule has 1 fully saturated rings. The Bertz CT molecular complexity index is 424. The first kappa shape index (κ1) is 15.6. The molecule has 5 heteroatoms. The van der Waals surface area contributed by atoms with E-state index in [4.69, 9.17) is 16.3 Å². The maximum atomic E-state index is 9.25. The van der Waals surface area contributed by atoms with Crippen molar-refractivity contribution < 1.29 is 9.84 Å². The van der Waals surface area contributed by atoms with E-state index in [1.54, 1.807) is 7.11 Å². The van der Waals surface area contributed by atoms with E-state index in [0.29, 0.717) is 19.2 Å². The summed E-state index contributed by atoms with van der Waals surface area (Å²) in [6, 6.07) is 6.62. The molecule has 0 saturated heterocycles. The van der Waals surface area contributed by atoms with E-state index >= 15 is 0 Å². The number of anilines is 1. The van der Waals surface area contributed by atoms with Gasteiger partial charge < -0.3 is 20.1 Å². The Hall–Kier alpha value is -0.810.